The highest BCUT2D eigenvalue weighted by Gasteiger charge is 2.25. The molecule has 0 aliphatic heterocycles. The standard InChI is InChI=1S/C11H16ClN3/c12-11-6-9(4-5-14-11)15-10-3-1-2-8(10)7-13/h4-6,8,10H,1-3,7,13H2,(H,14,15). The summed E-state index contributed by atoms with van der Waals surface area (Å²) < 4.78 is 0. The van der Waals surface area contributed by atoms with Crippen LogP contribution < -0.4 is 11.1 Å². The molecular weight excluding hydrogens is 210 g/mol. The molecule has 1 fully saturated rings. The fourth-order valence-electron chi connectivity index (χ4n) is 2.22. The van der Waals surface area contributed by atoms with Crippen molar-refractivity contribution in [2.24, 2.45) is 11.7 Å². The van der Waals surface area contributed by atoms with Crippen molar-refractivity contribution in [3.63, 3.8) is 0 Å². The first-order valence-corrected chi connectivity index (χ1v) is 5.75. The number of rotatable bonds is 3. The average molecular weight is 226 g/mol. The van der Waals surface area contributed by atoms with Gasteiger partial charge in [0.15, 0.2) is 0 Å². The monoisotopic (exact) mass is 225 g/mol. The minimum Gasteiger partial charge on any atom is -0.382 e. The number of nitrogens with two attached hydrogens (primary N) is 1. The molecule has 0 radical (unpaired) electrons. The van der Waals surface area contributed by atoms with E-state index in [1.165, 1.54) is 19.3 Å². The minimum atomic E-state index is 0.494. The third kappa shape index (κ3) is 2.61. The largest absolute Gasteiger partial charge is 0.382 e. The molecule has 0 aromatic carbocycles. The van der Waals surface area contributed by atoms with E-state index in [1.54, 1.807) is 6.20 Å². The first kappa shape index (κ1) is 10.7. The second-order valence-electron chi connectivity index (χ2n) is 4.04. The molecule has 1 saturated carbocycles. The lowest BCUT2D eigenvalue weighted by Gasteiger charge is -2.20. The zero-order valence-electron chi connectivity index (χ0n) is 8.62. The van der Waals surface area contributed by atoms with Crippen LogP contribution in [0.2, 0.25) is 5.15 Å². The average Bonchev–Trinajstić information content (AvgIpc) is 2.65. The molecule has 1 aromatic rings. The molecule has 1 aliphatic carbocycles. The molecule has 3 nitrogen and oxygen atoms in total. The van der Waals surface area contributed by atoms with Crippen molar-refractivity contribution in [1.82, 2.24) is 4.98 Å². The summed E-state index contributed by atoms with van der Waals surface area (Å²) in [6.07, 6.45) is 5.41. The van der Waals surface area contributed by atoms with Crippen LogP contribution >= 0.6 is 11.6 Å². The number of hydrogen-bond donors (Lipinski definition) is 2. The van der Waals surface area contributed by atoms with E-state index >= 15 is 0 Å². The van der Waals surface area contributed by atoms with E-state index in [1.807, 2.05) is 12.1 Å². The third-order valence-electron chi connectivity index (χ3n) is 3.04. The Morgan fingerprint density at radius 1 is 1.53 bits per heavy atom. The summed E-state index contributed by atoms with van der Waals surface area (Å²) >= 11 is 5.82. The fourth-order valence-corrected chi connectivity index (χ4v) is 2.39. The summed E-state index contributed by atoms with van der Waals surface area (Å²) in [5.41, 5.74) is 6.77. The predicted molar refractivity (Wildman–Crippen MR) is 63.1 cm³/mol. The molecule has 0 amide bonds. The highest BCUT2D eigenvalue weighted by Crippen LogP contribution is 2.28. The Morgan fingerprint density at radius 3 is 3.13 bits per heavy atom. The lowest BCUT2D eigenvalue weighted by atomic mass is 10.0. The molecule has 0 spiro atoms. The summed E-state index contributed by atoms with van der Waals surface area (Å²) in [6, 6.07) is 4.29. The third-order valence-corrected chi connectivity index (χ3v) is 3.25. The molecule has 82 valence electrons. The Bertz CT molecular complexity index is 329. The van der Waals surface area contributed by atoms with Gasteiger partial charge in [-0.25, -0.2) is 4.98 Å². The molecular formula is C11H16ClN3. The van der Waals surface area contributed by atoms with Gasteiger partial charge in [0.1, 0.15) is 5.15 Å². The lowest BCUT2D eigenvalue weighted by Crippen LogP contribution is -2.29. The van der Waals surface area contributed by atoms with E-state index in [9.17, 15) is 0 Å². The van der Waals surface area contributed by atoms with E-state index in [0.29, 0.717) is 17.1 Å². The van der Waals surface area contributed by atoms with Crippen LogP contribution in [-0.4, -0.2) is 17.6 Å². The van der Waals surface area contributed by atoms with E-state index in [2.05, 4.69) is 10.3 Å². The van der Waals surface area contributed by atoms with Gasteiger partial charge in [-0.05, 0) is 37.4 Å². The molecule has 2 rings (SSSR count). The highest BCUT2D eigenvalue weighted by molar-refractivity contribution is 6.29. The maximum atomic E-state index is 5.82. The van der Waals surface area contributed by atoms with Crippen LogP contribution in [0.4, 0.5) is 5.69 Å². The molecule has 0 bridgehead atoms. The number of aromatic nitrogens is 1. The topological polar surface area (TPSA) is 50.9 Å². The summed E-state index contributed by atoms with van der Waals surface area (Å²) in [6.45, 7) is 0.760. The lowest BCUT2D eigenvalue weighted by molar-refractivity contribution is 0.516. The van der Waals surface area contributed by atoms with Gasteiger partial charge >= 0.3 is 0 Å². The SMILES string of the molecule is NCC1CCCC1Nc1ccnc(Cl)c1. The molecule has 4 heteroatoms. The van der Waals surface area contributed by atoms with Crippen LogP contribution in [0.25, 0.3) is 0 Å². The van der Waals surface area contributed by atoms with Crippen LogP contribution in [0.15, 0.2) is 18.3 Å². The van der Waals surface area contributed by atoms with Gasteiger partial charge in [-0.15, -0.1) is 0 Å². The maximum Gasteiger partial charge on any atom is 0.131 e. The number of anilines is 1. The summed E-state index contributed by atoms with van der Waals surface area (Å²) in [4.78, 5) is 3.95. The van der Waals surface area contributed by atoms with E-state index in [-0.39, 0.29) is 0 Å². The van der Waals surface area contributed by atoms with Gasteiger partial charge in [0.2, 0.25) is 0 Å². The van der Waals surface area contributed by atoms with Crippen molar-refractivity contribution in [2.45, 2.75) is 25.3 Å². The Kier molecular flexibility index (Phi) is 3.44. The molecule has 0 saturated heterocycles. The number of nitrogens with zero attached hydrogens (tertiary/aromatic N) is 1. The van der Waals surface area contributed by atoms with Crippen molar-refractivity contribution >= 4 is 17.3 Å². The van der Waals surface area contributed by atoms with Gasteiger partial charge in [-0.1, -0.05) is 18.0 Å². The minimum absolute atomic E-state index is 0.494. The maximum absolute atomic E-state index is 5.82. The van der Waals surface area contributed by atoms with Crippen molar-refractivity contribution in [1.29, 1.82) is 0 Å². The summed E-state index contributed by atoms with van der Waals surface area (Å²) in [5, 5.41) is 4.01. The smallest absolute Gasteiger partial charge is 0.131 e. The highest BCUT2D eigenvalue weighted by atomic mass is 35.5. The number of pyridine rings is 1. The summed E-state index contributed by atoms with van der Waals surface area (Å²) in [7, 11) is 0. The molecule has 1 heterocycles. The quantitative estimate of drug-likeness (QED) is 0.776. The number of halogens is 1. The molecule has 15 heavy (non-hydrogen) atoms. The van der Waals surface area contributed by atoms with Crippen molar-refractivity contribution in [3.8, 4) is 0 Å². The first-order valence-electron chi connectivity index (χ1n) is 5.38. The van der Waals surface area contributed by atoms with Gasteiger partial charge in [0.25, 0.3) is 0 Å². The molecule has 3 N–H and O–H groups in total. The van der Waals surface area contributed by atoms with Gasteiger partial charge in [-0.2, -0.15) is 0 Å². The Hall–Kier alpha value is -0.800. The van der Waals surface area contributed by atoms with Gasteiger partial charge in [0.05, 0.1) is 0 Å². The van der Waals surface area contributed by atoms with Crippen molar-refractivity contribution in [2.75, 3.05) is 11.9 Å². The Morgan fingerprint density at radius 2 is 2.40 bits per heavy atom. The van der Waals surface area contributed by atoms with E-state index < -0.39 is 0 Å². The van der Waals surface area contributed by atoms with E-state index in [0.717, 1.165) is 12.2 Å². The second kappa shape index (κ2) is 4.81. The van der Waals surface area contributed by atoms with Crippen molar-refractivity contribution < 1.29 is 0 Å². The molecule has 2 unspecified atom stereocenters. The van der Waals surface area contributed by atoms with Crippen LogP contribution in [0.3, 0.4) is 0 Å². The van der Waals surface area contributed by atoms with Crippen LogP contribution in [-0.2, 0) is 0 Å². The normalized spacial score (nSPS) is 25.5. The Balaban J connectivity index is 2.02. The molecule has 1 aliphatic rings. The van der Waals surface area contributed by atoms with Crippen LogP contribution in [0.1, 0.15) is 19.3 Å². The van der Waals surface area contributed by atoms with E-state index in [4.69, 9.17) is 17.3 Å². The number of hydrogen-bond acceptors (Lipinski definition) is 3. The fraction of sp³-hybridized carbons (Fsp3) is 0.545. The molecule has 2 atom stereocenters. The second-order valence-corrected chi connectivity index (χ2v) is 4.43. The number of nitrogens with one attached hydrogen (secondary N) is 1. The zero-order chi connectivity index (χ0) is 10.7. The Labute approximate surface area is 95.0 Å². The summed E-state index contributed by atoms with van der Waals surface area (Å²) in [5.74, 6) is 0.594. The van der Waals surface area contributed by atoms with Gasteiger partial charge < -0.3 is 11.1 Å². The van der Waals surface area contributed by atoms with Gasteiger partial charge in [0, 0.05) is 17.9 Å². The van der Waals surface area contributed by atoms with Crippen LogP contribution in [0, 0.1) is 5.92 Å². The zero-order valence-corrected chi connectivity index (χ0v) is 9.37. The predicted octanol–water partition coefficient (Wildman–Crippen LogP) is 2.27. The first-order chi connectivity index (χ1) is 7.29. The van der Waals surface area contributed by atoms with Crippen LogP contribution in [0.5, 0.6) is 0 Å². The van der Waals surface area contributed by atoms with Crippen molar-refractivity contribution in [3.05, 3.63) is 23.5 Å². The molecule has 1 aromatic heterocycles. The van der Waals surface area contributed by atoms with Gasteiger partial charge in [-0.3, -0.25) is 0 Å².